The number of nitrogens with one attached hydrogen (secondary N) is 2. The number of carbonyl (C=O) groups is 1. The Labute approximate surface area is 133 Å². The summed E-state index contributed by atoms with van der Waals surface area (Å²) in [6.45, 7) is 1.76. The number of halogens is 2. The molecule has 7 heteroatoms. The van der Waals surface area contributed by atoms with Crippen LogP contribution in [0.2, 0.25) is 0 Å². The van der Waals surface area contributed by atoms with Crippen molar-refractivity contribution < 1.29 is 18.3 Å². The van der Waals surface area contributed by atoms with Crippen LogP contribution < -0.4 is 5.32 Å². The first-order chi connectivity index (χ1) is 10.9. The normalized spacial score (nSPS) is 20.8. The molecule has 0 radical (unpaired) electrons. The number of alkyl halides is 2. The quantitative estimate of drug-likeness (QED) is 0.623. The Morgan fingerprint density at radius 2 is 2.17 bits per heavy atom. The van der Waals surface area contributed by atoms with Crippen molar-refractivity contribution in [2.45, 2.75) is 32.2 Å². The van der Waals surface area contributed by atoms with E-state index in [1.54, 1.807) is 25.1 Å². The summed E-state index contributed by atoms with van der Waals surface area (Å²) in [5.74, 6) is -0.408. The van der Waals surface area contributed by atoms with Crippen LogP contribution in [0.4, 0.5) is 8.78 Å². The Hall–Kier alpha value is -2.31. The summed E-state index contributed by atoms with van der Waals surface area (Å²) >= 11 is 0. The fraction of sp³-hybridized carbons (Fsp3) is 0.438. The predicted octanol–water partition coefficient (Wildman–Crippen LogP) is 2.56. The summed E-state index contributed by atoms with van der Waals surface area (Å²) in [5, 5.41) is 10.6. The minimum absolute atomic E-state index is 0.00406. The number of nitrogens with zero attached hydrogens (tertiary/aromatic N) is 1. The van der Waals surface area contributed by atoms with E-state index in [0.29, 0.717) is 24.2 Å². The maximum Gasteiger partial charge on any atom is 0.308 e. The molecule has 0 aromatic carbocycles. The van der Waals surface area contributed by atoms with Gasteiger partial charge >= 0.3 is 5.97 Å². The van der Waals surface area contributed by atoms with Gasteiger partial charge in [-0.3, -0.25) is 15.2 Å². The van der Waals surface area contributed by atoms with Gasteiger partial charge in [-0.15, -0.1) is 0 Å². The second kappa shape index (κ2) is 7.30. The molecule has 1 aromatic rings. The first kappa shape index (κ1) is 17.1. The SMILES string of the molecule is COC(=O)[C@H]1C[C@H](N/C=C(\C(=N)C(F)F)c2cccc(C)n2)C1. The molecule has 1 heterocycles. The maximum absolute atomic E-state index is 12.9. The van der Waals surface area contributed by atoms with E-state index < -0.39 is 12.1 Å². The Morgan fingerprint density at radius 1 is 1.48 bits per heavy atom. The summed E-state index contributed by atoms with van der Waals surface area (Å²) in [4.78, 5) is 15.5. The number of aromatic nitrogens is 1. The molecule has 0 bridgehead atoms. The molecule has 1 aromatic heterocycles. The molecule has 5 nitrogen and oxygen atoms in total. The Kier molecular flexibility index (Phi) is 5.41. The van der Waals surface area contributed by atoms with Crippen molar-refractivity contribution in [2.24, 2.45) is 5.92 Å². The van der Waals surface area contributed by atoms with Crippen LogP contribution in [-0.4, -0.2) is 36.2 Å². The van der Waals surface area contributed by atoms with Crippen molar-refractivity contribution in [3.8, 4) is 0 Å². The lowest BCUT2D eigenvalue weighted by Crippen LogP contribution is -2.42. The fourth-order valence-electron chi connectivity index (χ4n) is 2.41. The second-order valence-electron chi connectivity index (χ2n) is 5.49. The van der Waals surface area contributed by atoms with Crippen molar-refractivity contribution in [1.82, 2.24) is 10.3 Å². The molecule has 1 aliphatic rings. The fourth-order valence-corrected chi connectivity index (χ4v) is 2.41. The number of hydrogen-bond donors (Lipinski definition) is 2. The van der Waals surface area contributed by atoms with Gasteiger partial charge in [-0.25, -0.2) is 8.78 Å². The van der Waals surface area contributed by atoms with Gasteiger partial charge in [-0.05, 0) is 31.9 Å². The van der Waals surface area contributed by atoms with Crippen LogP contribution in [0.5, 0.6) is 0 Å². The zero-order valence-electron chi connectivity index (χ0n) is 13.0. The van der Waals surface area contributed by atoms with Crippen LogP contribution in [-0.2, 0) is 9.53 Å². The second-order valence-corrected chi connectivity index (χ2v) is 5.49. The highest BCUT2D eigenvalue weighted by Crippen LogP contribution is 2.29. The number of allylic oxidation sites excluding steroid dienone is 1. The van der Waals surface area contributed by atoms with Crippen LogP contribution in [0.1, 0.15) is 24.2 Å². The molecule has 0 aliphatic heterocycles. The lowest BCUT2D eigenvalue weighted by atomic mass is 9.80. The molecule has 124 valence electrons. The van der Waals surface area contributed by atoms with E-state index in [1.807, 2.05) is 0 Å². The van der Waals surface area contributed by atoms with Crippen molar-refractivity contribution in [2.75, 3.05) is 7.11 Å². The van der Waals surface area contributed by atoms with Crippen LogP contribution in [0.15, 0.2) is 24.4 Å². The van der Waals surface area contributed by atoms with E-state index in [9.17, 15) is 13.6 Å². The van der Waals surface area contributed by atoms with E-state index in [-0.39, 0.29) is 23.5 Å². The monoisotopic (exact) mass is 323 g/mol. The summed E-state index contributed by atoms with van der Waals surface area (Å²) in [5.41, 5.74) is 0.293. The van der Waals surface area contributed by atoms with E-state index in [2.05, 4.69) is 15.0 Å². The van der Waals surface area contributed by atoms with Gasteiger partial charge in [0.15, 0.2) is 0 Å². The van der Waals surface area contributed by atoms with E-state index >= 15 is 0 Å². The molecule has 0 spiro atoms. The molecule has 0 unspecified atom stereocenters. The Bertz CT molecular complexity index is 626. The van der Waals surface area contributed by atoms with Crippen molar-refractivity contribution in [3.05, 3.63) is 35.8 Å². The van der Waals surface area contributed by atoms with Crippen LogP contribution >= 0.6 is 0 Å². The summed E-state index contributed by atoms with van der Waals surface area (Å²) < 4.78 is 30.5. The largest absolute Gasteiger partial charge is 0.469 e. The first-order valence-corrected chi connectivity index (χ1v) is 7.27. The van der Waals surface area contributed by atoms with E-state index in [0.717, 1.165) is 0 Å². The molecule has 1 saturated carbocycles. The minimum atomic E-state index is -2.88. The topological polar surface area (TPSA) is 75.1 Å². The Balaban J connectivity index is 2.09. The van der Waals surface area contributed by atoms with Gasteiger partial charge in [0, 0.05) is 23.5 Å². The lowest BCUT2D eigenvalue weighted by Gasteiger charge is -2.33. The molecule has 0 atom stereocenters. The minimum Gasteiger partial charge on any atom is -0.469 e. The third kappa shape index (κ3) is 4.12. The van der Waals surface area contributed by atoms with Crippen LogP contribution in [0.25, 0.3) is 5.57 Å². The van der Waals surface area contributed by atoms with Gasteiger partial charge in [-0.1, -0.05) is 6.07 Å². The highest BCUT2D eigenvalue weighted by Gasteiger charge is 2.34. The van der Waals surface area contributed by atoms with Gasteiger partial charge in [0.25, 0.3) is 6.43 Å². The number of rotatable bonds is 6. The summed E-state index contributed by atoms with van der Waals surface area (Å²) in [7, 11) is 1.34. The summed E-state index contributed by atoms with van der Waals surface area (Å²) in [6, 6.07) is 5.06. The number of pyridine rings is 1. The molecule has 0 amide bonds. The summed E-state index contributed by atoms with van der Waals surface area (Å²) in [6.07, 6.45) is -0.317. The van der Waals surface area contributed by atoms with Gasteiger partial charge < -0.3 is 10.1 Å². The van der Waals surface area contributed by atoms with Crippen molar-refractivity contribution in [1.29, 1.82) is 5.41 Å². The van der Waals surface area contributed by atoms with E-state index in [4.69, 9.17) is 5.41 Å². The first-order valence-electron chi connectivity index (χ1n) is 7.27. The number of ether oxygens (including phenoxy) is 1. The molecule has 1 fully saturated rings. The number of carbonyl (C=O) groups excluding carboxylic acids is 1. The number of aryl methyl sites for hydroxylation is 1. The highest BCUT2D eigenvalue weighted by molar-refractivity contribution is 6.23. The lowest BCUT2D eigenvalue weighted by molar-refractivity contribution is -0.149. The number of methoxy groups -OCH3 is 1. The van der Waals surface area contributed by atoms with Crippen molar-refractivity contribution >= 4 is 17.3 Å². The average Bonchev–Trinajstić information content (AvgIpc) is 2.48. The molecule has 1 aliphatic carbocycles. The number of esters is 1. The molecule has 23 heavy (non-hydrogen) atoms. The molecular weight excluding hydrogens is 304 g/mol. The van der Waals surface area contributed by atoms with Crippen LogP contribution in [0.3, 0.4) is 0 Å². The predicted molar refractivity (Wildman–Crippen MR) is 82.3 cm³/mol. The number of hydrogen-bond acceptors (Lipinski definition) is 5. The standard InChI is InChI=1S/C16H19F2N3O2/c1-9-4-3-5-13(21-9)12(14(19)15(17)18)8-20-11-6-10(7-11)16(22)23-2/h3-5,8,10-11,15,19-20H,6-7H2,1-2H3/b12-8-,19-14?/t10-,11-. The third-order valence-electron chi connectivity index (χ3n) is 3.81. The smallest absolute Gasteiger partial charge is 0.308 e. The van der Waals surface area contributed by atoms with Crippen LogP contribution in [0, 0.1) is 18.3 Å². The molecule has 0 saturated heterocycles. The maximum atomic E-state index is 12.9. The average molecular weight is 323 g/mol. The van der Waals surface area contributed by atoms with E-state index in [1.165, 1.54) is 13.3 Å². The van der Waals surface area contributed by atoms with Gasteiger partial charge in [-0.2, -0.15) is 0 Å². The zero-order valence-corrected chi connectivity index (χ0v) is 13.0. The highest BCUT2D eigenvalue weighted by atomic mass is 19.3. The van der Waals surface area contributed by atoms with Gasteiger partial charge in [0.2, 0.25) is 0 Å². The molecule has 2 rings (SSSR count). The molecular formula is C16H19F2N3O2. The molecule has 2 N–H and O–H groups in total. The van der Waals surface area contributed by atoms with Crippen molar-refractivity contribution in [3.63, 3.8) is 0 Å². The van der Waals surface area contributed by atoms with Gasteiger partial charge in [0.1, 0.15) is 5.71 Å². The Morgan fingerprint density at radius 3 is 2.74 bits per heavy atom. The van der Waals surface area contributed by atoms with Gasteiger partial charge in [0.05, 0.1) is 18.7 Å². The third-order valence-corrected chi connectivity index (χ3v) is 3.81. The zero-order chi connectivity index (χ0) is 17.0.